The molecule has 8 heteroatoms. The fourth-order valence-electron chi connectivity index (χ4n) is 3.06. The first-order valence-electron chi connectivity index (χ1n) is 8.11. The number of carbonyl (C=O) groups excluding carboxylic acids is 1. The van der Waals surface area contributed by atoms with Crippen LogP contribution in [-0.4, -0.2) is 36.2 Å². The number of azide groups is 1. The van der Waals surface area contributed by atoms with E-state index in [0.717, 1.165) is 18.4 Å². The van der Waals surface area contributed by atoms with Crippen LogP contribution < -0.4 is 0 Å². The first kappa shape index (κ1) is 19.7. The van der Waals surface area contributed by atoms with E-state index in [1.807, 2.05) is 26.8 Å². The highest BCUT2D eigenvalue weighted by atomic mass is 35.5. The number of carbonyl (C=O) groups is 1. The Kier molecular flexibility index (Phi) is 6.09. The Morgan fingerprint density at radius 3 is 2.72 bits per heavy atom. The van der Waals surface area contributed by atoms with E-state index in [1.165, 1.54) is 0 Å². The number of piperidine rings is 1. The van der Waals surface area contributed by atoms with Crippen LogP contribution in [0.25, 0.3) is 10.4 Å². The fourth-order valence-corrected chi connectivity index (χ4v) is 3.36. The summed E-state index contributed by atoms with van der Waals surface area (Å²) in [6, 6.07) is 5.39. The molecular weight excluding hydrogens is 363 g/mol. The van der Waals surface area contributed by atoms with E-state index in [-0.39, 0.29) is 12.6 Å². The van der Waals surface area contributed by atoms with E-state index >= 15 is 0 Å². The minimum absolute atomic E-state index is 0.237. The molecule has 1 unspecified atom stereocenters. The van der Waals surface area contributed by atoms with Gasteiger partial charge < -0.3 is 9.64 Å². The average Bonchev–Trinajstić information content (AvgIpc) is 2.54. The van der Waals surface area contributed by atoms with Gasteiger partial charge in [-0.2, -0.15) is 0 Å². The second-order valence-corrected chi connectivity index (χ2v) is 8.12. The van der Waals surface area contributed by atoms with Crippen molar-refractivity contribution >= 4 is 29.3 Å². The second kappa shape index (κ2) is 7.73. The van der Waals surface area contributed by atoms with E-state index in [0.29, 0.717) is 23.1 Å². The number of nitrogens with zero attached hydrogens (tertiary/aromatic N) is 4. The molecule has 1 aromatic carbocycles. The maximum Gasteiger partial charge on any atom is 0.410 e. The molecule has 1 heterocycles. The van der Waals surface area contributed by atoms with Crippen LogP contribution in [0.1, 0.15) is 39.2 Å². The number of ether oxygens (including phenoxy) is 1. The van der Waals surface area contributed by atoms with Crippen molar-refractivity contribution in [1.82, 2.24) is 4.90 Å². The van der Waals surface area contributed by atoms with Gasteiger partial charge in [0.05, 0.1) is 10.0 Å². The van der Waals surface area contributed by atoms with Crippen LogP contribution in [0.15, 0.2) is 23.3 Å². The molecule has 0 aliphatic carbocycles. The average molecular weight is 385 g/mol. The third kappa shape index (κ3) is 4.94. The summed E-state index contributed by atoms with van der Waals surface area (Å²) in [5.41, 5.74) is 8.63. The first-order valence-corrected chi connectivity index (χ1v) is 8.87. The van der Waals surface area contributed by atoms with Crippen molar-refractivity contribution in [3.05, 3.63) is 44.3 Å². The van der Waals surface area contributed by atoms with Gasteiger partial charge in [-0.15, -0.1) is 0 Å². The van der Waals surface area contributed by atoms with Crippen molar-refractivity contribution in [3.63, 3.8) is 0 Å². The molecule has 6 nitrogen and oxygen atoms in total. The lowest BCUT2D eigenvalue weighted by atomic mass is 9.74. The quantitative estimate of drug-likeness (QED) is 0.387. The molecule has 2 rings (SSSR count). The summed E-state index contributed by atoms with van der Waals surface area (Å²) in [7, 11) is 0. The Bertz CT molecular complexity index is 698. The molecule has 1 atom stereocenters. The Balaban J connectivity index is 2.34. The lowest BCUT2D eigenvalue weighted by molar-refractivity contribution is 0.0140. The summed E-state index contributed by atoms with van der Waals surface area (Å²) in [6.07, 6.45) is 1.20. The molecule has 0 aromatic heterocycles. The first-order chi connectivity index (χ1) is 11.7. The lowest BCUT2D eigenvalue weighted by Crippen LogP contribution is -2.51. The van der Waals surface area contributed by atoms with Crippen molar-refractivity contribution in [2.24, 2.45) is 5.11 Å². The normalized spacial score (nSPS) is 20.8. The molecule has 25 heavy (non-hydrogen) atoms. The molecule has 0 radical (unpaired) electrons. The van der Waals surface area contributed by atoms with Gasteiger partial charge in [-0.05, 0) is 56.8 Å². The Labute approximate surface area is 157 Å². The van der Waals surface area contributed by atoms with E-state index in [1.54, 1.807) is 17.0 Å². The van der Waals surface area contributed by atoms with Gasteiger partial charge >= 0.3 is 6.09 Å². The zero-order valence-corrected chi connectivity index (χ0v) is 16.1. The molecule has 1 saturated heterocycles. The minimum Gasteiger partial charge on any atom is -0.444 e. The van der Waals surface area contributed by atoms with Gasteiger partial charge in [0.15, 0.2) is 0 Å². The van der Waals surface area contributed by atoms with Crippen LogP contribution >= 0.6 is 23.2 Å². The van der Waals surface area contributed by atoms with Crippen molar-refractivity contribution < 1.29 is 9.53 Å². The summed E-state index contributed by atoms with van der Waals surface area (Å²) in [5.74, 6) is 0. The highest BCUT2D eigenvalue weighted by molar-refractivity contribution is 6.42. The number of benzene rings is 1. The lowest BCUT2D eigenvalue weighted by Gasteiger charge is -2.43. The Morgan fingerprint density at radius 2 is 2.12 bits per heavy atom. The number of likely N-dealkylation sites (tertiary alicyclic amines) is 1. The maximum absolute atomic E-state index is 12.5. The molecule has 0 spiro atoms. The molecule has 0 saturated carbocycles. The molecular formula is C17H22Cl2N4O2. The summed E-state index contributed by atoms with van der Waals surface area (Å²) < 4.78 is 5.49. The number of hydrogen-bond donors (Lipinski definition) is 0. The van der Waals surface area contributed by atoms with E-state index in [9.17, 15) is 4.79 Å². The molecule has 1 aliphatic rings. The molecule has 0 bridgehead atoms. The van der Waals surface area contributed by atoms with E-state index in [4.69, 9.17) is 33.5 Å². The number of rotatable bonds is 3. The standard InChI is InChI=1S/C17H22Cl2N4O2/c1-16(2,3)25-15(24)23-8-4-7-17(11-23,10-21-22-20)12-5-6-13(18)14(19)9-12/h5-6,9H,4,7-8,10-11H2,1-3H3. The minimum atomic E-state index is -0.564. The predicted octanol–water partition coefficient (Wildman–Crippen LogP) is 5.57. The molecule has 1 amide bonds. The van der Waals surface area contributed by atoms with Crippen molar-refractivity contribution in [3.8, 4) is 0 Å². The van der Waals surface area contributed by atoms with Gasteiger partial charge in [0.2, 0.25) is 0 Å². The van der Waals surface area contributed by atoms with Crippen LogP contribution in [-0.2, 0) is 10.2 Å². The smallest absolute Gasteiger partial charge is 0.410 e. The van der Waals surface area contributed by atoms with Crippen LogP contribution in [0.3, 0.4) is 0 Å². The second-order valence-electron chi connectivity index (χ2n) is 7.30. The van der Waals surface area contributed by atoms with Crippen LogP contribution in [0.2, 0.25) is 10.0 Å². The number of hydrogen-bond acceptors (Lipinski definition) is 3. The van der Waals surface area contributed by atoms with Crippen LogP contribution in [0.5, 0.6) is 0 Å². The van der Waals surface area contributed by atoms with Gasteiger partial charge in [0, 0.05) is 30.0 Å². The van der Waals surface area contributed by atoms with Crippen molar-refractivity contribution in [2.75, 3.05) is 19.6 Å². The number of amides is 1. The highest BCUT2D eigenvalue weighted by Gasteiger charge is 2.39. The predicted molar refractivity (Wildman–Crippen MR) is 99.2 cm³/mol. The van der Waals surface area contributed by atoms with E-state index in [2.05, 4.69) is 10.0 Å². The third-order valence-electron chi connectivity index (χ3n) is 4.20. The Morgan fingerprint density at radius 1 is 1.40 bits per heavy atom. The van der Waals surface area contributed by atoms with Crippen molar-refractivity contribution in [2.45, 2.75) is 44.6 Å². The molecule has 136 valence electrons. The zero-order valence-electron chi connectivity index (χ0n) is 14.6. The summed E-state index contributed by atoms with van der Waals surface area (Å²) >= 11 is 12.2. The van der Waals surface area contributed by atoms with Gasteiger partial charge in [-0.3, -0.25) is 0 Å². The summed E-state index contributed by atoms with van der Waals surface area (Å²) in [5, 5.41) is 4.69. The van der Waals surface area contributed by atoms with Gasteiger partial charge in [-0.1, -0.05) is 34.4 Å². The van der Waals surface area contributed by atoms with Crippen LogP contribution in [0, 0.1) is 0 Å². The molecule has 1 aliphatic heterocycles. The molecule has 0 N–H and O–H groups in total. The molecule has 1 aromatic rings. The van der Waals surface area contributed by atoms with Crippen molar-refractivity contribution in [1.29, 1.82) is 0 Å². The molecule has 1 fully saturated rings. The number of halogens is 2. The Hall–Kier alpha value is -1.62. The zero-order chi connectivity index (χ0) is 18.7. The third-order valence-corrected chi connectivity index (χ3v) is 4.94. The van der Waals surface area contributed by atoms with Gasteiger partial charge in [-0.25, -0.2) is 4.79 Å². The van der Waals surface area contributed by atoms with Gasteiger partial charge in [0.25, 0.3) is 0 Å². The van der Waals surface area contributed by atoms with Crippen LogP contribution in [0.4, 0.5) is 4.79 Å². The SMILES string of the molecule is CC(C)(C)OC(=O)N1CCCC(CN=[N+]=[N-])(c2ccc(Cl)c(Cl)c2)C1. The monoisotopic (exact) mass is 384 g/mol. The highest BCUT2D eigenvalue weighted by Crippen LogP contribution is 2.37. The largest absolute Gasteiger partial charge is 0.444 e. The summed E-state index contributed by atoms with van der Waals surface area (Å²) in [4.78, 5) is 17.1. The topological polar surface area (TPSA) is 78.3 Å². The fraction of sp³-hybridized carbons (Fsp3) is 0.588. The maximum atomic E-state index is 12.5. The summed E-state index contributed by atoms with van der Waals surface area (Å²) in [6.45, 7) is 6.75. The van der Waals surface area contributed by atoms with Gasteiger partial charge in [0.1, 0.15) is 5.60 Å². The van der Waals surface area contributed by atoms with E-state index < -0.39 is 11.0 Å².